The predicted octanol–water partition coefficient (Wildman–Crippen LogP) is 15.1. The molecule has 11 aromatic rings. The van der Waals surface area contributed by atoms with Gasteiger partial charge in [-0.05, 0) is 46.0 Å². The van der Waals surface area contributed by atoms with Gasteiger partial charge in [0.2, 0.25) is 0 Å². The van der Waals surface area contributed by atoms with Gasteiger partial charge in [-0.2, -0.15) is 0 Å². The van der Waals surface area contributed by atoms with Gasteiger partial charge in [0, 0.05) is 38.8 Å². The molecular weight excluding hydrogens is 743 g/mol. The van der Waals surface area contributed by atoms with E-state index < -0.39 is 0 Å². The van der Waals surface area contributed by atoms with Gasteiger partial charge in [0.25, 0.3) is 0 Å². The number of pyridine rings is 1. The summed E-state index contributed by atoms with van der Waals surface area (Å²) in [7, 11) is 0. The average molecular weight is 780 g/mol. The lowest BCUT2D eigenvalue weighted by Crippen LogP contribution is -1.96. The van der Waals surface area contributed by atoms with Crippen molar-refractivity contribution in [3.63, 3.8) is 0 Å². The van der Waals surface area contributed by atoms with E-state index in [-0.39, 0.29) is 0 Å². The molecule has 286 valence electrons. The Kier molecular flexibility index (Phi) is 9.14. The summed E-state index contributed by atoms with van der Waals surface area (Å²) in [4.78, 5) is 15.5. The van der Waals surface area contributed by atoms with Crippen LogP contribution in [0.5, 0.6) is 0 Å². The molecule has 0 saturated heterocycles. The molecule has 4 nitrogen and oxygen atoms in total. The first-order chi connectivity index (χ1) is 30.2. The molecule has 3 aromatic heterocycles. The Morgan fingerprint density at radius 1 is 0.311 bits per heavy atom. The van der Waals surface area contributed by atoms with Crippen molar-refractivity contribution in [2.75, 3.05) is 0 Å². The lowest BCUT2D eigenvalue weighted by atomic mass is 9.94. The minimum absolute atomic E-state index is 0.695. The van der Waals surface area contributed by atoms with Crippen LogP contribution in [0.2, 0.25) is 0 Å². The molecular formula is C57H37N3O. The largest absolute Gasteiger partial charge is 0.455 e. The van der Waals surface area contributed by atoms with E-state index in [9.17, 15) is 0 Å². The van der Waals surface area contributed by atoms with Crippen molar-refractivity contribution in [2.45, 2.75) is 0 Å². The van der Waals surface area contributed by atoms with E-state index in [1.165, 1.54) is 11.1 Å². The number of nitrogens with zero attached hydrogens (tertiary/aromatic N) is 3. The average Bonchev–Trinajstić information content (AvgIpc) is 3.76. The monoisotopic (exact) mass is 779 g/mol. The van der Waals surface area contributed by atoms with Crippen LogP contribution < -0.4 is 0 Å². The number of rotatable bonds is 8. The third-order valence-electron chi connectivity index (χ3n) is 11.3. The summed E-state index contributed by atoms with van der Waals surface area (Å²) in [6, 6.07) is 77.8. The Morgan fingerprint density at radius 2 is 0.721 bits per heavy atom. The predicted molar refractivity (Wildman–Crippen MR) is 251 cm³/mol. The van der Waals surface area contributed by atoms with Crippen molar-refractivity contribution in [1.82, 2.24) is 15.0 Å². The van der Waals surface area contributed by atoms with Gasteiger partial charge >= 0.3 is 0 Å². The quantitative estimate of drug-likeness (QED) is 0.154. The van der Waals surface area contributed by atoms with E-state index >= 15 is 0 Å². The Labute approximate surface area is 354 Å². The normalized spacial score (nSPS) is 11.3. The molecule has 0 saturated carbocycles. The highest BCUT2D eigenvalue weighted by atomic mass is 16.3. The Morgan fingerprint density at radius 3 is 1.26 bits per heavy atom. The van der Waals surface area contributed by atoms with Crippen LogP contribution in [0.3, 0.4) is 0 Å². The van der Waals surface area contributed by atoms with Gasteiger partial charge in [-0.25, -0.2) is 15.0 Å². The molecule has 0 bridgehead atoms. The molecule has 8 aromatic carbocycles. The molecule has 0 unspecified atom stereocenters. The Hall–Kier alpha value is -8.21. The van der Waals surface area contributed by atoms with Crippen LogP contribution in [-0.4, -0.2) is 15.0 Å². The third kappa shape index (κ3) is 6.86. The molecule has 0 aliphatic carbocycles. The van der Waals surface area contributed by atoms with Crippen molar-refractivity contribution in [2.24, 2.45) is 0 Å². The standard InChI is InChI=1S/C57H37N3O/c1-5-15-38(16-6-1)39-25-31-42(32-26-39)50-37-51(60-57(59-50)47-21-11-4-12-22-47)43-33-27-40(28-34-43)41-29-35-45(36-30-41)54-53-52(44-17-7-2-8-18-44)55(46-19-9-3-10-20-46)61-56(53)48-23-13-14-24-49(48)58-54/h1-37H. The molecule has 0 N–H and O–H groups in total. The summed E-state index contributed by atoms with van der Waals surface area (Å²) in [6.45, 7) is 0. The smallest absolute Gasteiger partial charge is 0.160 e. The van der Waals surface area contributed by atoms with E-state index in [1.807, 2.05) is 48.5 Å². The molecule has 0 radical (unpaired) electrons. The first-order valence-corrected chi connectivity index (χ1v) is 20.5. The van der Waals surface area contributed by atoms with E-state index in [0.29, 0.717) is 5.82 Å². The highest BCUT2D eigenvalue weighted by molar-refractivity contribution is 6.16. The fourth-order valence-electron chi connectivity index (χ4n) is 8.25. The second kappa shape index (κ2) is 15.5. The molecule has 3 heterocycles. The first kappa shape index (κ1) is 35.9. The number of hydrogen-bond donors (Lipinski definition) is 0. The van der Waals surface area contributed by atoms with Crippen molar-refractivity contribution in [1.29, 1.82) is 0 Å². The summed E-state index contributed by atoms with van der Waals surface area (Å²) in [5, 5.41) is 2.00. The lowest BCUT2D eigenvalue weighted by Gasteiger charge is -2.11. The van der Waals surface area contributed by atoms with Crippen LogP contribution in [0.25, 0.3) is 112 Å². The fraction of sp³-hybridized carbons (Fsp3) is 0. The summed E-state index contributed by atoms with van der Waals surface area (Å²) >= 11 is 0. The number of hydrogen-bond acceptors (Lipinski definition) is 4. The number of para-hydroxylation sites is 1. The Bertz CT molecular complexity index is 3290. The Balaban J connectivity index is 0.963. The molecule has 4 heteroatoms. The zero-order valence-corrected chi connectivity index (χ0v) is 33.1. The van der Waals surface area contributed by atoms with E-state index in [2.05, 4.69) is 176 Å². The van der Waals surface area contributed by atoms with Gasteiger partial charge in [0.15, 0.2) is 5.82 Å². The van der Waals surface area contributed by atoms with Crippen LogP contribution >= 0.6 is 0 Å². The molecule has 0 atom stereocenters. The zero-order valence-electron chi connectivity index (χ0n) is 33.1. The molecule has 0 aliphatic heterocycles. The molecule has 0 fully saturated rings. The van der Waals surface area contributed by atoms with Gasteiger partial charge in [0.1, 0.15) is 11.3 Å². The van der Waals surface area contributed by atoms with E-state index in [1.54, 1.807) is 0 Å². The maximum absolute atomic E-state index is 6.89. The van der Waals surface area contributed by atoms with Crippen LogP contribution in [0.1, 0.15) is 0 Å². The summed E-state index contributed by atoms with van der Waals surface area (Å²) in [5.74, 6) is 1.53. The molecule has 11 rings (SSSR count). The van der Waals surface area contributed by atoms with Crippen LogP contribution in [-0.2, 0) is 0 Å². The number of furan rings is 1. The minimum Gasteiger partial charge on any atom is -0.455 e. The maximum atomic E-state index is 6.89. The van der Waals surface area contributed by atoms with Gasteiger partial charge in [0.05, 0.1) is 28.0 Å². The van der Waals surface area contributed by atoms with Crippen molar-refractivity contribution >= 4 is 21.9 Å². The molecule has 61 heavy (non-hydrogen) atoms. The second-order valence-corrected chi connectivity index (χ2v) is 15.1. The van der Waals surface area contributed by atoms with Gasteiger partial charge in [-0.1, -0.05) is 206 Å². The summed E-state index contributed by atoms with van der Waals surface area (Å²) in [6.07, 6.45) is 0. The summed E-state index contributed by atoms with van der Waals surface area (Å²) < 4.78 is 6.89. The topological polar surface area (TPSA) is 51.8 Å². The number of aromatic nitrogens is 3. The van der Waals surface area contributed by atoms with Crippen LogP contribution in [0.4, 0.5) is 0 Å². The van der Waals surface area contributed by atoms with Gasteiger partial charge in [-0.15, -0.1) is 0 Å². The highest BCUT2D eigenvalue weighted by Crippen LogP contribution is 2.46. The maximum Gasteiger partial charge on any atom is 0.160 e. The second-order valence-electron chi connectivity index (χ2n) is 15.1. The minimum atomic E-state index is 0.695. The zero-order chi connectivity index (χ0) is 40.5. The van der Waals surface area contributed by atoms with E-state index in [0.717, 1.165) is 94.8 Å². The van der Waals surface area contributed by atoms with Crippen molar-refractivity contribution in [3.05, 3.63) is 224 Å². The van der Waals surface area contributed by atoms with E-state index in [4.69, 9.17) is 19.4 Å². The molecule has 0 spiro atoms. The highest BCUT2D eigenvalue weighted by Gasteiger charge is 2.24. The fourth-order valence-corrected chi connectivity index (χ4v) is 8.25. The summed E-state index contributed by atoms with van der Waals surface area (Å²) in [5.41, 5.74) is 16.2. The van der Waals surface area contributed by atoms with Crippen molar-refractivity contribution in [3.8, 4) is 89.9 Å². The molecule has 0 amide bonds. The number of fused-ring (bicyclic) bond motifs is 3. The van der Waals surface area contributed by atoms with Gasteiger partial charge < -0.3 is 4.42 Å². The van der Waals surface area contributed by atoms with Crippen LogP contribution in [0, 0.1) is 0 Å². The van der Waals surface area contributed by atoms with Crippen molar-refractivity contribution < 1.29 is 4.42 Å². The SMILES string of the molecule is c1ccc(-c2ccc(-c3cc(-c4ccc(-c5ccc(-c6nc7ccccc7c7oc(-c8ccccc8)c(-c8ccccc8)c67)cc5)cc4)nc(-c4ccccc4)n3)cc2)cc1. The number of benzene rings is 8. The third-order valence-corrected chi connectivity index (χ3v) is 11.3. The lowest BCUT2D eigenvalue weighted by molar-refractivity contribution is 0.636. The molecule has 0 aliphatic rings. The van der Waals surface area contributed by atoms with Crippen LogP contribution in [0.15, 0.2) is 229 Å². The first-order valence-electron chi connectivity index (χ1n) is 20.5. The van der Waals surface area contributed by atoms with Gasteiger partial charge in [-0.3, -0.25) is 0 Å².